The van der Waals surface area contributed by atoms with E-state index in [0.29, 0.717) is 5.56 Å². The van der Waals surface area contributed by atoms with Crippen molar-refractivity contribution in [2.75, 3.05) is 0 Å². The van der Waals surface area contributed by atoms with Crippen molar-refractivity contribution in [3.8, 4) is 5.69 Å². The molecule has 0 fully saturated rings. The molecule has 3 aromatic carbocycles. The van der Waals surface area contributed by atoms with E-state index in [9.17, 15) is 4.79 Å². The molecule has 0 aliphatic carbocycles. The van der Waals surface area contributed by atoms with E-state index in [2.05, 4.69) is 46.6 Å². The molecule has 0 aliphatic heterocycles. The van der Waals surface area contributed by atoms with Crippen molar-refractivity contribution >= 4 is 5.91 Å². The van der Waals surface area contributed by atoms with E-state index in [1.807, 2.05) is 42.5 Å². The zero-order valence-corrected chi connectivity index (χ0v) is 15.5. The van der Waals surface area contributed by atoms with Crippen LogP contribution in [0.4, 0.5) is 0 Å². The molecule has 5 nitrogen and oxygen atoms in total. The first kappa shape index (κ1) is 17.7. The van der Waals surface area contributed by atoms with Crippen LogP contribution in [0.25, 0.3) is 5.69 Å². The van der Waals surface area contributed by atoms with Crippen LogP contribution in [0.1, 0.15) is 33.1 Å². The van der Waals surface area contributed by atoms with Crippen molar-refractivity contribution in [3.05, 3.63) is 114 Å². The maximum atomic E-state index is 12.9. The number of nitrogens with one attached hydrogen (secondary N) is 1. The number of hydrogen-bond acceptors (Lipinski definition) is 3. The van der Waals surface area contributed by atoms with Gasteiger partial charge in [-0.1, -0.05) is 60.2 Å². The Bertz CT molecular complexity index is 1040. The lowest BCUT2D eigenvalue weighted by Gasteiger charge is -2.20. The van der Waals surface area contributed by atoms with Gasteiger partial charge >= 0.3 is 0 Å². The summed E-state index contributed by atoms with van der Waals surface area (Å²) < 4.78 is 1.65. The monoisotopic (exact) mass is 368 g/mol. The van der Waals surface area contributed by atoms with Gasteiger partial charge in [0.15, 0.2) is 0 Å². The first-order valence-corrected chi connectivity index (χ1v) is 9.08. The second kappa shape index (κ2) is 7.88. The highest BCUT2D eigenvalue weighted by atomic mass is 16.1. The molecule has 0 saturated carbocycles. The maximum Gasteiger partial charge on any atom is 0.252 e. The van der Waals surface area contributed by atoms with Crippen molar-refractivity contribution in [1.82, 2.24) is 20.1 Å². The lowest BCUT2D eigenvalue weighted by Crippen LogP contribution is -2.29. The van der Waals surface area contributed by atoms with Gasteiger partial charge in [0.2, 0.25) is 0 Å². The standard InChI is InChI=1S/C23H20N4O/c1-17-7-9-19(10-8-17)22(18-5-3-2-4-6-18)26-23(28)20-11-13-21(14-12-20)27-16-24-15-25-27/h2-16,22H,1H3,(H,26,28)/t22-/m1/s1. The summed E-state index contributed by atoms with van der Waals surface area (Å²) in [5.74, 6) is -0.125. The SMILES string of the molecule is Cc1ccc([C@H](NC(=O)c2ccc(-n3cncn3)cc2)c2ccccc2)cc1. The van der Waals surface area contributed by atoms with Crippen LogP contribution in [-0.2, 0) is 0 Å². The van der Waals surface area contributed by atoms with Crippen LogP contribution in [0.15, 0.2) is 91.5 Å². The summed E-state index contributed by atoms with van der Waals surface area (Å²) in [5, 5.41) is 7.27. The van der Waals surface area contributed by atoms with E-state index < -0.39 is 0 Å². The summed E-state index contributed by atoms with van der Waals surface area (Å²) in [6.07, 6.45) is 3.10. The van der Waals surface area contributed by atoms with Crippen LogP contribution < -0.4 is 5.32 Å². The van der Waals surface area contributed by atoms with Crippen LogP contribution >= 0.6 is 0 Å². The van der Waals surface area contributed by atoms with Gasteiger partial charge in [0, 0.05) is 5.56 Å². The molecular weight excluding hydrogens is 348 g/mol. The minimum Gasteiger partial charge on any atom is -0.341 e. The lowest BCUT2D eigenvalue weighted by molar-refractivity contribution is 0.0943. The van der Waals surface area contributed by atoms with Gasteiger partial charge in [-0.2, -0.15) is 5.10 Å². The Morgan fingerprint density at radius 1 is 0.893 bits per heavy atom. The van der Waals surface area contributed by atoms with Crippen molar-refractivity contribution < 1.29 is 4.79 Å². The van der Waals surface area contributed by atoms with E-state index >= 15 is 0 Å². The zero-order valence-electron chi connectivity index (χ0n) is 15.5. The summed E-state index contributed by atoms with van der Waals surface area (Å²) in [6, 6.07) is 25.3. The average Bonchev–Trinajstić information content (AvgIpc) is 3.28. The van der Waals surface area contributed by atoms with E-state index in [4.69, 9.17) is 0 Å². The Morgan fingerprint density at radius 2 is 1.57 bits per heavy atom. The molecular formula is C23H20N4O. The second-order valence-corrected chi connectivity index (χ2v) is 6.61. The molecule has 4 rings (SSSR count). The molecule has 138 valence electrons. The third kappa shape index (κ3) is 3.83. The average molecular weight is 368 g/mol. The Balaban J connectivity index is 1.59. The quantitative estimate of drug-likeness (QED) is 0.577. The van der Waals surface area contributed by atoms with Gasteiger partial charge in [0.25, 0.3) is 5.91 Å². The van der Waals surface area contributed by atoms with Crippen LogP contribution in [-0.4, -0.2) is 20.7 Å². The van der Waals surface area contributed by atoms with Crippen molar-refractivity contribution in [2.24, 2.45) is 0 Å². The van der Waals surface area contributed by atoms with E-state index in [1.54, 1.807) is 23.1 Å². The van der Waals surface area contributed by atoms with Crippen LogP contribution in [0, 0.1) is 6.92 Å². The number of hydrogen-bond donors (Lipinski definition) is 1. The van der Waals surface area contributed by atoms with Crippen LogP contribution in [0.3, 0.4) is 0 Å². The van der Waals surface area contributed by atoms with Crippen molar-refractivity contribution in [3.63, 3.8) is 0 Å². The molecule has 0 aliphatic rings. The Labute approximate surface area is 163 Å². The molecule has 1 atom stereocenters. The molecule has 1 heterocycles. The first-order valence-electron chi connectivity index (χ1n) is 9.08. The number of aromatic nitrogens is 3. The number of nitrogens with zero attached hydrogens (tertiary/aromatic N) is 3. The molecule has 0 radical (unpaired) electrons. The molecule has 5 heteroatoms. The van der Waals surface area contributed by atoms with Crippen LogP contribution in [0.5, 0.6) is 0 Å². The number of benzene rings is 3. The third-order valence-corrected chi connectivity index (χ3v) is 4.63. The predicted molar refractivity (Wildman–Crippen MR) is 108 cm³/mol. The van der Waals surface area contributed by atoms with Gasteiger partial charge in [0.1, 0.15) is 12.7 Å². The minimum absolute atomic E-state index is 0.125. The predicted octanol–water partition coefficient (Wildman–Crippen LogP) is 4.10. The first-order chi connectivity index (χ1) is 13.7. The summed E-state index contributed by atoms with van der Waals surface area (Å²) in [5.41, 5.74) is 4.72. The fraction of sp³-hybridized carbons (Fsp3) is 0.0870. The fourth-order valence-corrected chi connectivity index (χ4v) is 3.09. The summed E-state index contributed by atoms with van der Waals surface area (Å²) in [7, 11) is 0. The highest BCUT2D eigenvalue weighted by Gasteiger charge is 2.17. The molecule has 1 N–H and O–H groups in total. The molecule has 0 unspecified atom stereocenters. The van der Waals surface area contributed by atoms with Gasteiger partial charge in [-0.25, -0.2) is 9.67 Å². The lowest BCUT2D eigenvalue weighted by atomic mass is 9.97. The molecule has 4 aromatic rings. The molecule has 1 aromatic heterocycles. The highest BCUT2D eigenvalue weighted by molar-refractivity contribution is 5.94. The fourth-order valence-electron chi connectivity index (χ4n) is 3.09. The molecule has 0 saturated heterocycles. The molecule has 1 amide bonds. The molecule has 0 bridgehead atoms. The molecule has 28 heavy (non-hydrogen) atoms. The largest absolute Gasteiger partial charge is 0.341 e. The van der Waals surface area contributed by atoms with Gasteiger partial charge in [-0.15, -0.1) is 0 Å². The Hall–Kier alpha value is -3.73. The number of carbonyl (C=O) groups is 1. The second-order valence-electron chi connectivity index (χ2n) is 6.61. The number of amides is 1. The Kier molecular flexibility index (Phi) is 4.97. The van der Waals surface area contributed by atoms with Crippen molar-refractivity contribution in [1.29, 1.82) is 0 Å². The number of aryl methyl sites for hydroxylation is 1. The van der Waals surface area contributed by atoms with E-state index in [-0.39, 0.29) is 11.9 Å². The minimum atomic E-state index is -0.218. The third-order valence-electron chi connectivity index (χ3n) is 4.63. The smallest absolute Gasteiger partial charge is 0.252 e. The molecule has 0 spiro atoms. The normalized spacial score (nSPS) is 11.8. The van der Waals surface area contributed by atoms with Gasteiger partial charge in [-0.05, 0) is 42.3 Å². The number of carbonyl (C=O) groups excluding carboxylic acids is 1. The van der Waals surface area contributed by atoms with Gasteiger partial charge < -0.3 is 5.32 Å². The van der Waals surface area contributed by atoms with E-state index in [1.165, 1.54) is 11.9 Å². The highest BCUT2D eigenvalue weighted by Crippen LogP contribution is 2.23. The van der Waals surface area contributed by atoms with E-state index in [0.717, 1.165) is 16.8 Å². The zero-order chi connectivity index (χ0) is 19.3. The number of rotatable bonds is 5. The summed E-state index contributed by atoms with van der Waals surface area (Å²) in [6.45, 7) is 2.05. The van der Waals surface area contributed by atoms with Gasteiger partial charge in [0.05, 0.1) is 11.7 Å². The van der Waals surface area contributed by atoms with Crippen LogP contribution in [0.2, 0.25) is 0 Å². The van der Waals surface area contributed by atoms with Gasteiger partial charge in [-0.3, -0.25) is 4.79 Å². The maximum absolute atomic E-state index is 12.9. The Morgan fingerprint density at radius 3 is 2.21 bits per heavy atom. The summed E-state index contributed by atoms with van der Waals surface area (Å²) >= 11 is 0. The summed E-state index contributed by atoms with van der Waals surface area (Å²) in [4.78, 5) is 16.9. The van der Waals surface area contributed by atoms with Crippen molar-refractivity contribution in [2.45, 2.75) is 13.0 Å². The topological polar surface area (TPSA) is 59.8 Å².